The van der Waals surface area contributed by atoms with Gasteiger partial charge < -0.3 is 20.1 Å². The second kappa shape index (κ2) is 2.84. The maximum absolute atomic E-state index is 9.09. The standard InChI is InChI=1S/C6H12O4/c1-3-5(8)6(9)4(2-7)10-3/h3-9H,2H2,1H3/t3?,4-,5?,6-/m0/s1. The van der Waals surface area contributed by atoms with Gasteiger partial charge in [0.1, 0.15) is 18.3 Å². The van der Waals surface area contributed by atoms with Crippen molar-refractivity contribution in [1.82, 2.24) is 0 Å². The zero-order valence-electron chi connectivity index (χ0n) is 5.77. The van der Waals surface area contributed by atoms with Crippen molar-refractivity contribution in [2.45, 2.75) is 31.3 Å². The summed E-state index contributed by atoms with van der Waals surface area (Å²) in [5, 5.41) is 26.8. The van der Waals surface area contributed by atoms with E-state index < -0.39 is 18.3 Å². The van der Waals surface area contributed by atoms with Crippen molar-refractivity contribution >= 4 is 0 Å². The van der Waals surface area contributed by atoms with E-state index in [9.17, 15) is 0 Å². The molecule has 1 aliphatic heterocycles. The Balaban J connectivity index is 2.53. The Kier molecular flexibility index (Phi) is 2.25. The largest absolute Gasteiger partial charge is 0.394 e. The van der Waals surface area contributed by atoms with E-state index in [0.29, 0.717) is 0 Å². The number of hydrogen-bond acceptors (Lipinski definition) is 4. The van der Waals surface area contributed by atoms with Crippen LogP contribution in [-0.2, 0) is 4.74 Å². The molecule has 0 aromatic heterocycles. The summed E-state index contributed by atoms with van der Waals surface area (Å²) in [6.07, 6.45) is -2.81. The molecule has 0 spiro atoms. The Labute approximate surface area is 59.1 Å². The van der Waals surface area contributed by atoms with Crippen molar-refractivity contribution in [2.75, 3.05) is 6.61 Å². The van der Waals surface area contributed by atoms with Gasteiger partial charge in [-0.2, -0.15) is 0 Å². The third-order valence-electron chi connectivity index (χ3n) is 1.78. The first-order valence-corrected chi connectivity index (χ1v) is 3.29. The summed E-state index contributed by atoms with van der Waals surface area (Å²) in [7, 11) is 0. The van der Waals surface area contributed by atoms with E-state index in [2.05, 4.69) is 0 Å². The Bertz CT molecular complexity index is 116. The summed E-state index contributed by atoms with van der Waals surface area (Å²) in [6.45, 7) is 1.41. The van der Waals surface area contributed by atoms with Crippen LogP contribution in [0.5, 0.6) is 0 Å². The van der Waals surface area contributed by atoms with Gasteiger partial charge in [0, 0.05) is 0 Å². The van der Waals surface area contributed by atoms with Crippen LogP contribution in [0.3, 0.4) is 0 Å². The molecule has 2 unspecified atom stereocenters. The molecule has 1 saturated heterocycles. The molecule has 3 N–H and O–H groups in total. The van der Waals surface area contributed by atoms with E-state index in [1.165, 1.54) is 0 Å². The molecule has 1 heterocycles. The van der Waals surface area contributed by atoms with Crippen molar-refractivity contribution in [2.24, 2.45) is 0 Å². The smallest absolute Gasteiger partial charge is 0.111 e. The van der Waals surface area contributed by atoms with Gasteiger partial charge in [-0.1, -0.05) is 0 Å². The van der Waals surface area contributed by atoms with Crippen LogP contribution in [0.25, 0.3) is 0 Å². The molecule has 0 radical (unpaired) electrons. The van der Waals surface area contributed by atoms with E-state index >= 15 is 0 Å². The van der Waals surface area contributed by atoms with E-state index in [1.807, 2.05) is 0 Å². The molecule has 0 aromatic carbocycles. The predicted octanol–water partition coefficient (Wildman–Crippen LogP) is -1.51. The molecule has 10 heavy (non-hydrogen) atoms. The lowest BCUT2D eigenvalue weighted by Crippen LogP contribution is -2.33. The summed E-state index contributed by atoms with van der Waals surface area (Å²) in [6, 6.07) is 0. The van der Waals surface area contributed by atoms with Gasteiger partial charge in [0.05, 0.1) is 12.7 Å². The van der Waals surface area contributed by atoms with Crippen LogP contribution in [0.1, 0.15) is 6.92 Å². The molecule has 0 saturated carbocycles. The molecule has 4 atom stereocenters. The zero-order chi connectivity index (χ0) is 7.72. The van der Waals surface area contributed by atoms with Crippen LogP contribution < -0.4 is 0 Å². The average Bonchev–Trinajstić information content (AvgIpc) is 2.17. The first-order chi connectivity index (χ1) is 4.66. The van der Waals surface area contributed by atoms with Gasteiger partial charge in [-0.05, 0) is 6.92 Å². The third kappa shape index (κ3) is 1.15. The van der Waals surface area contributed by atoms with E-state index in [-0.39, 0.29) is 12.7 Å². The number of aliphatic hydroxyl groups excluding tert-OH is 3. The van der Waals surface area contributed by atoms with Crippen LogP contribution in [0.4, 0.5) is 0 Å². The zero-order valence-corrected chi connectivity index (χ0v) is 5.77. The van der Waals surface area contributed by atoms with Crippen LogP contribution in [0, 0.1) is 0 Å². The Morgan fingerprint density at radius 1 is 1.30 bits per heavy atom. The molecule has 0 bridgehead atoms. The molecule has 4 heteroatoms. The van der Waals surface area contributed by atoms with Crippen LogP contribution in [-0.4, -0.2) is 46.3 Å². The summed E-state index contributed by atoms with van der Waals surface area (Å²) in [5.74, 6) is 0. The monoisotopic (exact) mass is 148 g/mol. The fraction of sp³-hybridized carbons (Fsp3) is 1.00. The molecule has 0 aromatic rings. The van der Waals surface area contributed by atoms with Gasteiger partial charge in [0.15, 0.2) is 0 Å². The minimum Gasteiger partial charge on any atom is -0.394 e. The maximum atomic E-state index is 9.09. The summed E-state index contributed by atoms with van der Waals surface area (Å²) in [5.41, 5.74) is 0. The molecule has 1 aliphatic rings. The molecule has 4 nitrogen and oxygen atoms in total. The highest BCUT2D eigenvalue weighted by molar-refractivity contribution is 4.87. The number of aliphatic hydroxyl groups is 3. The van der Waals surface area contributed by atoms with Crippen molar-refractivity contribution in [3.05, 3.63) is 0 Å². The summed E-state index contributed by atoms with van der Waals surface area (Å²) >= 11 is 0. The fourth-order valence-electron chi connectivity index (χ4n) is 1.09. The van der Waals surface area contributed by atoms with E-state index in [1.54, 1.807) is 6.92 Å². The fourth-order valence-corrected chi connectivity index (χ4v) is 1.09. The summed E-state index contributed by atoms with van der Waals surface area (Å²) in [4.78, 5) is 0. The topological polar surface area (TPSA) is 69.9 Å². The number of hydrogen-bond donors (Lipinski definition) is 3. The van der Waals surface area contributed by atoms with E-state index in [4.69, 9.17) is 20.1 Å². The van der Waals surface area contributed by atoms with Crippen molar-refractivity contribution in [3.63, 3.8) is 0 Å². The molecule has 60 valence electrons. The van der Waals surface area contributed by atoms with Gasteiger partial charge in [0.2, 0.25) is 0 Å². The van der Waals surface area contributed by atoms with Gasteiger partial charge in [-0.15, -0.1) is 0 Å². The highest BCUT2D eigenvalue weighted by Crippen LogP contribution is 2.19. The van der Waals surface area contributed by atoms with Crippen molar-refractivity contribution in [1.29, 1.82) is 0 Å². The third-order valence-corrected chi connectivity index (χ3v) is 1.78. The number of rotatable bonds is 1. The molecule has 0 aliphatic carbocycles. The van der Waals surface area contributed by atoms with Gasteiger partial charge in [0.25, 0.3) is 0 Å². The van der Waals surface area contributed by atoms with Gasteiger partial charge in [-0.25, -0.2) is 0 Å². The normalized spacial score (nSPS) is 48.0. The Morgan fingerprint density at radius 2 is 1.90 bits per heavy atom. The SMILES string of the molecule is CC1O[C@@H](CO)[C@H](O)C1O. The molecular weight excluding hydrogens is 136 g/mol. The first kappa shape index (κ1) is 7.94. The quantitative estimate of drug-likeness (QED) is 0.422. The maximum Gasteiger partial charge on any atom is 0.111 e. The van der Waals surface area contributed by atoms with Crippen molar-refractivity contribution < 1.29 is 20.1 Å². The van der Waals surface area contributed by atoms with Gasteiger partial charge in [-0.3, -0.25) is 0 Å². The van der Waals surface area contributed by atoms with Crippen molar-refractivity contribution in [3.8, 4) is 0 Å². The molecule has 1 fully saturated rings. The minimum atomic E-state index is -0.944. The second-order valence-electron chi connectivity index (χ2n) is 2.54. The van der Waals surface area contributed by atoms with Crippen LogP contribution in [0.15, 0.2) is 0 Å². The van der Waals surface area contributed by atoms with Crippen LogP contribution >= 0.6 is 0 Å². The van der Waals surface area contributed by atoms with Crippen LogP contribution in [0.2, 0.25) is 0 Å². The minimum absolute atomic E-state index is 0.247. The lowest BCUT2D eigenvalue weighted by molar-refractivity contribution is -0.0171. The highest BCUT2D eigenvalue weighted by atomic mass is 16.5. The van der Waals surface area contributed by atoms with Gasteiger partial charge >= 0.3 is 0 Å². The Hall–Kier alpha value is -0.160. The number of ether oxygens (including phenoxy) is 1. The first-order valence-electron chi connectivity index (χ1n) is 3.29. The summed E-state index contributed by atoms with van der Waals surface area (Å²) < 4.78 is 4.98. The lowest BCUT2D eigenvalue weighted by atomic mass is 10.1. The Morgan fingerprint density at radius 3 is 2.10 bits per heavy atom. The molecular formula is C6H12O4. The molecule has 0 amide bonds. The lowest BCUT2D eigenvalue weighted by Gasteiger charge is -2.10. The van der Waals surface area contributed by atoms with E-state index in [0.717, 1.165) is 0 Å². The second-order valence-corrected chi connectivity index (χ2v) is 2.54. The molecule has 1 rings (SSSR count). The predicted molar refractivity (Wildman–Crippen MR) is 33.4 cm³/mol. The highest BCUT2D eigenvalue weighted by Gasteiger charge is 2.39. The average molecular weight is 148 g/mol.